The van der Waals surface area contributed by atoms with Gasteiger partial charge in [0.25, 0.3) is 0 Å². The normalized spacial score (nSPS) is 15.4. The van der Waals surface area contributed by atoms with Crippen molar-refractivity contribution in [2.45, 2.75) is 43.2 Å². The first-order valence-electron chi connectivity index (χ1n) is 9.05. The van der Waals surface area contributed by atoms with Gasteiger partial charge in [-0.15, -0.1) is 16.4 Å². The first-order chi connectivity index (χ1) is 13.6. The lowest BCUT2D eigenvalue weighted by molar-refractivity contribution is 0.318. The summed E-state index contributed by atoms with van der Waals surface area (Å²) in [4.78, 5) is 1.25. The molecule has 1 fully saturated rings. The van der Waals surface area contributed by atoms with E-state index in [-0.39, 0.29) is 10.9 Å². The molecule has 0 radical (unpaired) electrons. The van der Waals surface area contributed by atoms with Gasteiger partial charge < -0.3 is 4.74 Å². The lowest BCUT2D eigenvalue weighted by Crippen LogP contribution is -2.38. The van der Waals surface area contributed by atoms with Gasteiger partial charge in [-0.3, -0.25) is 0 Å². The van der Waals surface area contributed by atoms with Gasteiger partial charge in [-0.1, -0.05) is 18.9 Å². The van der Waals surface area contributed by atoms with Gasteiger partial charge in [-0.05, 0) is 46.8 Å². The Morgan fingerprint density at radius 1 is 1.29 bits per heavy atom. The van der Waals surface area contributed by atoms with E-state index in [1.54, 1.807) is 33.8 Å². The maximum atomic E-state index is 13.5. The summed E-state index contributed by atoms with van der Waals surface area (Å²) in [6.45, 7) is 0.391. The molecule has 2 heterocycles. The van der Waals surface area contributed by atoms with Crippen molar-refractivity contribution in [3.05, 3.63) is 46.9 Å². The average Bonchev–Trinajstić information content (AvgIpc) is 3.48. The zero-order valence-electron chi connectivity index (χ0n) is 15.4. The van der Waals surface area contributed by atoms with Crippen LogP contribution in [0.15, 0.2) is 46.9 Å². The zero-order chi connectivity index (χ0) is 19.6. The summed E-state index contributed by atoms with van der Waals surface area (Å²) in [5, 5.41) is 13.1. The van der Waals surface area contributed by atoms with Crippen molar-refractivity contribution >= 4 is 21.4 Å². The number of sulfonamides is 1. The fraction of sp³-hybridized carbons (Fsp3) is 0.389. The maximum Gasteiger partial charge on any atom is 0.243 e. The van der Waals surface area contributed by atoms with Crippen LogP contribution >= 0.6 is 11.3 Å². The van der Waals surface area contributed by atoms with Crippen LogP contribution in [0.25, 0.3) is 5.69 Å². The highest BCUT2D eigenvalue weighted by Crippen LogP contribution is 2.33. The van der Waals surface area contributed by atoms with Crippen LogP contribution in [0.1, 0.15) is 30.6 Å². The summed E-state index contributed by atoms with van der Waals surface area (Å²) >= 11 is 1.57. The van der Waals surface area contributed by atoms with Crippen molar-refractivity contribution in [3.63, 3.8) is 0 Å². The van der Waals surface area contributed by atoms with Crippen molar-refractivity contribution in [1.29, 1.82) is 0 Å². The molecule has 0 atom stereocenters. The number of thiophene rings is 1. The monoisotopic (exact) mass is 419 g/mol. The Hall–Kier alpha value is -2.30. The Labute approximate surface area is 167 Å². The lowest BCUT2D eigenvalue weighted by Gasteiger charge is -2.28. The predicted molar refractivity (Wildman–Crippen MR) is 105 cm³/mol. The first-order valence-corrected chi connectivity index (χ1v) is 11.4. The molecule has 0 saturated heterocycles. The maximum absolute atomic E-state index is 13.5. The van der Waals surface area contributed by atoms with E-state index in [9.17, 15) is 8.42 Å². The molecule has 1 aromatic carbocycles. The smallest absolute Gasteiger partial charge is 0.243 e. The summed E-state index contributed by atoms with van der Waals surface area (Å²) in [6.07, 6.45) is 5.34. The summed E-state index contributed by atoms with van der Waals surface area (Å²) in [6, 6.07) is 8.75. The molecule has 0 N–H and O–H groups in total. The highest BCUT2D eigenvalue weighted by molar-refractivity contribution is 7.89. The van der Waals surface area contributed by atoms with Crippen molar-refractivity contribution in [3.8, 4) is 11.4 Å². The Kier molecular flexibility index (Phi) is 5.42. The Balaban J connectivity index is 1.72. The number of methoxy groups -OCH3 is 1. The number of tetrazole rings is 1. The van der Waals surface area contributed by atoms with Crippen LogP contribution in [0.3, 0.4) is 0 Å². The second-order valence-corrected chi connectivity index (χ2v) is 9.58. The molecule has 0 bridgehead atoms. The average molecular weight is 420 g/mol. The first kappa shape index (κ1) is 19.0. The van der Waals surface area contributed by atoms with Gasteiger partial charge in [-0.2, -0.15) is 8.99 Å². The van der Waals surface area contributed by atoms with Gasteiger partial charge in [0.2, 0.25) is 10.0 Å². The van der Waals surface area contributed by atoms with Crippen LogP contribution in [-0.4, -0.2) is 46.1 Å². The van der Waals surface area contributed by atoms with Gasteiger partial charge in [0, 0.05) is 23.5 Å². The summed E-state index contributed by atoms with van der Waals surface area (Å²) < 4.78 is 35.6. The minimum Gasteiger partial charge on any atom is -0.494 e. The molecule has 1 aliphatic rings. The molecule has 2 aromatic heterocycles. The largest absolute Gasteiger partial charge is 0.494 e. The SMILES string of the molecule is COc1cc(S(=O)(=O)N(Cc2cccs2)C2CCCC2)ccc1-n1cnnn1. The van der Waals surface area contributed by atoms with Crippen molar-refractivity contribution in [1.82, 2.24) is 24.5 Å². The van der Waals surface area contributed by atoms with Crippen LogP contribution in [-0.2, 0) is 16.6 Å². The van der Waals surface area contributed by atoms with Crippen LogP contribution in [0, 0.1) is 0 Å². The van der Waals surface area contributed by atoms with E-state index >= 15 is 0 Å². The van der Waals surface area contributed by atoms with Gasteiger partial charge in [0.1, 0.15) is 17.8 Å². The van der Waals surface area contributed by atoms with Crippen LogP contribution in [0.4, 0.5) is 0 Å². The van der Waals surface area contributed by atoms with E-state index in [0.29, 0.717) is 18.0 Å². The Morgan fingerprint density at radius 3 is 2.75 bits per heavy atom. The molecule has 28 heavy (non-hydrogen) atoms. The van der Waals surface area contributed by atoms with E-state index in [1.807, 2.05) is 17.5 Å². The highest BCUT2D eigenvalue weighted by atomic mass is 32.2. The van der Waals surface area contributed by atoms with Crippen LogP contribution in [0.5, 0.6) is 5.75 Å². The van der Waals surface area contributed by atoms with E-state index in [4.69, 9.17) is 4.74 Å². The Bertz CT molecular complexity index is 1010. The van der Waals surface area contributed by atoms with Crippen molar-refractivity contribution in [2.24, 2.45) is 0 Å². The van der Waals surface area contributed by atoms with E-state index in [0.717, 1.165) is 30.6 Å². The summed E-state index contributed by atoms with van der Waals surface area (Å²) in [7, 11) is -2.18. The summed E-state index contributed by atoms with van der Waals surface area (Å²) in [5.41, 5.74) is 0.581. The van der Waals surface area contributed by atoms with Crippen molar-refractivity contribution in [2.75, 3.05) is 7.11 Å². The fourth-order valence-corrected chi connectivity index (χ4v) is 6.04. The number of benzene rings is 1. The van der Waals surface area contributed by atoms with E-state index in [1.165, 1.54) is 18.1 Å². The minimum atomic E-state index is -3.68. The van der Waals surface area contributed by atoms with Gasteiger partial charge in [0.05, 0.1) is 12.0 Å². The van der Waals surface area contributed by atoms with Gasteiger partial charge >= 0.3 is 0 Å². The summed E-state index contributed by atoms with van der Waals surface area (Å²) in [5.74, 6) is 0.399. The van der Waals surface area contributed by atoms with Crippen LogP contribution < -0.4 is 4.74 Å². The molecular weight excluding hydrogens is 398 g/mol. The minimum absolute atomic E-state index is 0.0253. The number of nitrogens with zero attached hydrogens (tertiary/aromatic N) is 5. The molecule has 148 valence electrons. The number of hydrogen-bond donors (Lipinski definition) is 0. The number of aromatic nitrogens is 4. The second kappa shape index (κ2) is 7.98. The third-order valence-corrected chi connectivity index (χ3v) is 7.73. The topological polar surface area (TPSA) is 90.2 Å². The standard InChI is InChI=1S/C18H21N5O3S2/c1-26-18-11-16(8-9-17(18)22-13-19-20-21-22)28(24,25)23(14-5-2-3-6-14)12-15-7-4-10-27-15/h4,7-11,13-14H,2-3,5-6,12H2,1H3. The Morgan fingerprint density at radius 2 is 2.11 bits per heavy atom. The zero-order valence-corrected chi connectivity index (χ0v) is 17.1. The number of ether oxygens (including phenoxy) is 1. The molecule has 4 rings (SSSR count). The molecule has 1 aliphatic carbocycles. The quantitative estimate of drug-likeness (QED) is 0.585. The predicted octanol–water partition coefficient (Wildman–Crippen LogP) is 2.87. The third-order valence-electron chi connectivity index (χ3n) is 4.98. The molecule has 8 nitrogen and oxygen atoms in total. The van der Waals surface area contributed by atoms with E-state index in [2.05, 4.69) is 15.5 Å². The molecule has 10 heteroatoms. The highest BCUT2D eigenvalue weighted by Gasteiger charge is 2.34. The van der Waals surface area contributed by atoms with Crippen LogP contribution in [0.2, 0.25) is 0 Å². The number of hydrogen-bond acceptors (Lipinski definition) is 7. The van der Waals surface area contributed by atoms with E-state index < -0.39 is 10.0 Å². The molecule has 3 aromatic rings. The lowest BCUT2D eigenvalue weighted by atomic mass is 10.2. The van der Waals surface area contributed by atoms with Gasteiger partial charge in [-0.25, -0.2) is 8.42 Å². The second-order valence-electron chi connectivity index (χ2n) is 6.66. The van der Waals surface area contributed by atoms with Gasteiger partial charge in [0.15, 0.2) is 0 Å². The number of rotatable bonds is 7. The third kappa shape index (κ3) is 3.67. The molecule has 0 unspecified atom stereocenters. The molecule has 0 spiro atoms. The molecule has 1 saturated carbocycles. The molecule has 0 aliphatic heterocycles. The molecular formula is C18H21N5O3S2. The fourth-order valence-electron chi connectivity index (χ4n) is 3.57. The van der Waals surface area contributed by atoms with Crippen molar-refractivity contribution < 1.29 is 13.2 Å². The molecule has 0 amide bonds.